The van der Waals surface area contributed by atoms with Crippen LogP contribution in [0, 0.1) is 10.1 Å². The first-order chi connectivity index (χ1) is 11.6. The van der Waals surface area contributed by atoms with Crippen LogP contribution >= 0.6 is 24.0 Å². The molecule has 1 saturated heterocycles. The molecule has 2 aliphatic rings. The SMILES string of the molecule is O=C(Oc1ccc([N+](=O)[O-])cc1)N1CSC[C@@H]1C1=CC=CCC1=S. The Hall–Kier alpha value is -2.19. The number of hydrogen-bond acceptors (Lipinski definition) is 6. The normalized spacial score (nSPS) is 20.0. The van der Waals surface area contributed by atoms with E-state index in [9.17, 15) is 14.9 Å². The topological polar surface area (TPSA) is 72.7 Å². The highest BCUT2D eigenvalue weighted by molar-refractivity contribution is 7.99. The maximum atomic E-state index is 12.5. The fourth-order valence-electron chi connectivity index (χ4n) is 2.53. The largest absolute Gasteiger partial charge is 0.416 e. The number of rotatable bonds is 3. The Kier molecular flexibility index (Phi) is 4.96. The van der Waals surface area contributed by atoms with E-state index < -0.39 is 11.0 Å². The van der Waals surface area contributed by atoms with Crippen molar-refractivity contribution in [3.63, 3.8) is 0 Å². The summed E-state index contributed by atoms with van der Waals surface area (Å²) in [6.07, 6.45) is 6.14. The predicted molar refractivity (Wildman–Crippen MR) is 96.5 cm³/mol. The van der Waals surface area contributed by atoms with Gasteiger partial charge in [0.1, 0.15) is 5.75 Å². The Balaban J connectivity index is 1.71. The first kappa shape index (κ1) is 16.7. The van der Waals surface area contributed by atoms with E-state index in [1.54, 1.807) is 16.7 Å². The number of carbonyl (C=O) groups excluding carboxylic acids is 1. The number of amides is 1. The third kappa shape index (κ3) is 3.49. The van der Waals surface area contributed by atoms with Gasteiger partial charge in [0.15, 0.2) is 0 Å². The molecule has 0 saturated carbocycles. The molecule has 0 unspecified atom stereocenters. The smallest absolute Gasteiger partial charge is 0.410 e. The van der Waals surface area contributed by atoms with Gasteiger partial charge in [-0.3, -0.25) is 15.0 Å². The molecule has 1 aromatic rings. The van der Waals surface area contributed by atoms with Crippen LogP contribution in [-0.2, 0) is 0 Å². The lowest BCUT2D eigenvalue weighted by Gasteiger charge is -2.26. The van der Waals surface area contributed by atoms with Crippen molar-refractivity contribution in [2.24, 2.45) is 0 Å². The summed E-state index contributed by atoms with van der Waals surface area (Å²) in [6, 6.07) is 5.35. The zero-order valence-corrected chi connectivity index (χ0v) is 14.2. The Morgan fingerprint density at radius 3 is 2.79 bits per heavy atom. The average Bonchev–Trinajstić information content (AvgIpc) is 3.05. The molecule has 124 valence electrons. The summed E-state index contributed by atoms with van der Waals surface area (Å²) < 4.78 is 5.35. The highest BCUT2D eigenvalue weighted by Crippen LogP contribution is 2.30. The van der Waals surface area contributed by atoms with Crippen LogP contribution in [-0.4, -0.2) is 38.5 Å². The van der Waals surface area contributed by atoms with Crippen molar-refractivity contribution in [1.29, 1.82) is 0 Å². The van der Waals surface area contributed by atoms with Gasteiger partial charge >= 0.3 is 6.09 Å². The number of ether oxygens (including phenoxy) is 1. The van der Waals surface area contributed by atoms with Crippen molar-refractivity contribution < 1.29 is 14.5 Å². The molecule has 0 bridgehead atoms. The molecule has 1 aliphatic heterocycles. The van der Waals surface area contributed by atoms with Crippen LogP contribution in [0.25, 0.3) is 0 Å². The molecular formula is C16H14N2O4S2. The van der Waals surface area contributed by atoms with Crippen LogP contribution in [0.3, 0.4) is 0 Å². The highest BCUT2D eigenvalue weighted by Gasteiger charge is 2.34. The second-order valence-electron chi connectivity index (χ2n) is 5.28. The minimum atomic E-state index is -0.497. The van der Waals surface area contributed by atoms with Gasteiger partial charge in [-0.25, -0.2) is 4.79 Å². The lowest BCUT2D eigenvalue weighted by atomic mass is 9.98. The first-order valence-electron chi connectivity index (χ1n) is 7.27. The number of hydrogen-bond donors (Lipinski definition) is 0. The van der Waals surface area contributed by atoms with Crippen molar-refractivity contribution in [3.8, 4) is 5.75 Å². The monoisotopic (exact) mass is 362 g/mol. The average molecular weight is 362 g/mol. The van der Waals surface area contributed by atoms with Crippen LogP contribution in [0.1, 0.15) is 6.42 Å². The van der Waals surface area contributed by atoms with Crippen molar-refractivity contribution in [2.75, 3.05) is 11.6 Å². The summed E-state index contributed by atoms with van der Waals surface area (Å²) in [4.78, 5) is 25.1. The van der Waals surface area contributed by atoms with Gasteiger partial charge in [0.05, 0.1) is 16.8 Å². The number of nitrogens with zero attached hydrogens (tertiary/aromatic N) is 2. The number of nitro benzene ring substituents is 1. The Labute approximate surface area is 148 Å². The Morgan fingerprint density at radius 1 is 1.38 bits per heavy atom. The summed E-state index contributed by atoms with van der Waals surface area (Å²) in [7, 11) is 0. The third-order valence-corrected chi connectivity index (χ3v) is 5.18. The van der Waals surface area contributed by atoms with Gasteiger partial charge in [0.2, 0.25) is 0 Å². The molecule has 1 aromatic carbocycles. The number of thiocarbonyl (C=S) groups is 1. The molecule has 1 aliphatic carbocycles. The van der Waals surface area contributed by atoms with Crippen LogP contribution in [0.5, 0.6) is 5.75 Å². The van der Waals surface area contributed by atoms with Crippen molar-refractivity contribution in [1.82, 2.24) is 4.90 Å². The number of carbonyl (C=O) groups is 1. The standard InChI is InChI=1S/C16H14N2O4S2/c19-16(22-12-7-5-11(6-8-12)18(20)21)17-10-24-9-14(17)13-3-1-2-4-15(13)23/h1-3,5-8,14H,4,9-10H2/t14-/m1/s1. The van der Waals surface area contributed by atoms with E-state index in [1.165, 1.54) is 24.3 Å². The molecule has 3 rings (SSSR count). The molecule has 6 nitrogen and oxygen atoms in total. The van der Waals surface area contributed by atoms with Crippen molar-refractivity contribution in [2.45, 2.75) is 12.5 Å². The number of allylic oxidation sites excluding steroid dienone is 3. The van der Waals surface area contributed by atoms with Crippen LogP contribution in [0.4, 0.5) is 10.5 Å². The van der Waals surface area contributed by atoms with Gasteiger partial charge in [-0.05, 0) is 17.7 Å². The lowest BCUT2D eigenvalue weighted by Crippen LogP contribution is -2.41. The number of nitro groups is 1. The second kappa shape index (κ2) is 7.14. The highest BCUT2D eigenvalue weighted by atomic mass is 32.2. The zero-order valence-electron chi connectivity index (χ0n) is 12.6. The molecule has 0 N–H and O–H groups in total. The fourth-order valence-corrected chi connectivity index (χ4v) is 4.00. The van der Waals surface area contributed by atoms with E-state index in [0.717, 1.165) is 16.2 Å². The molecular weight excluding hydrogens is 348 g/mol. The molecule has 1 fully saturated rings. The minimum Gasteiger partial charge on any atom is -0.410 e. The first-order valence-corrected chi connectivity index (χ1v) is 8.83. The molecule has 0 aromatic heterocycles. The quantitative estimate of drug-likeness (QED) is 0.463. The fraction of sp³-hybridized carbons (Fsp3) is 0.250. The third-order valence-electron chi connectivity index (χ3n) is 3.77. The van der Waals surface area contributed by atoms with Crippen molar-refractivity contribution >= 4 is 40.6 Å². The van der Waals surface area contributed by atoms with E-state index >= 15 is 0 Å². The van der Waals surface area contributed by atoms with Crippen LogP contribution in [0.2, 0.25) is 0 Å². The van der Waals surface area contributed by atoms with Gasteiger partial charge < -0.3 is 4.74 Å². The van der Waals surface area contributed by atoms with Gasteiger partial charge in [0.25, 0.3) is 5.69 Å². The molecule has 1 amide bonds. The van der Waals surface area contributed by atoms with E-state index in [4.69, 9.17) is 17.0 Å². The molecule has 0 spiro atoms. The maximum absolute atomic E-state index is 12.5. The van der Waals surface area contributed by atoms with Crippen molar-refractivity contribution in [3.05, 3.63) is 58.2 Å². The Morgan fingerprint density at radius 2 is 2.12 bits per heavy atom. The number of benzene rings is 1. The lowest BCUT2D eigenvalue weighted by molar-refractivity contribution is -0.384. The summed E-state index contributed by atoms with van der Waals surface area (Å²) in [5, 5.41) is 10.7. The van der Waals surface area contributed by atoms with Gasteiger partial charge in [-0.15, -0.1) is 11.8 Å². The van der Waals surface area contributed by atoms with Crippen LogP contribution in [0.15, 0.2) is 48.1 Å². The second-order valence-corrected chi connectivity index (χ2v) is 6.77. The zero-order chi connectivity index (χ0) is 17.1. The summed E-state index contributed by atoms with van der Waals surface area (Å²) in [6.45, 7) is 0. The summed E-state index contributed by atoms with van der Waals surface area (Å²) in [5.74, 6) is 1.58. The Bertz CT molecular complexity index is 743. The molecule has 1 atom stereocenters. The summed E-state index contributed by atoms with van der Waals surface area (Å²) >= 11 is 7.04. The van der Waals surface area contributed by atoms with Gasteiger partial charge in [-0.1, -0.05) is 30.4 Å². The van der Waals surface area contributed by atoms with E-state index in [2.05, 4.69) is 0 Å². The maximum Gasteiger partial charge on any atom is 0.416 e. The minimum absolute atomic E-state index is 0.0473. The number of thioether (sulfide) groups is 1. The van der Waals surface area contributed by atoms with Gasteiger partial charge in [0, 0.05) is 29.2 Å². The summed E-state index contributed by atoms with van der Waals surface area (Å²) in [5.41, 5.74) is 0.937. The molecule has 24 heavy (non-hydrogen) atoms. The molecule has 1 heterocycles. The van der Waals surface area contributed by atoms with Crippen LogP contribution < -0.4 is 4.74 Å². The molecule has 8 heteroatoms. The van der Waals surface area contributed by atoms with E-state index in [1.807, 2.05) is 18.2 Å². The molecule has 0 radical (unpaired) electrons. The number of non-ortho nitro benzene ring substituents is 1. The predicted octanol–water partition coefficient (Wildman–Crippen LogP) is 3.72. The van der Waals surface area contributed by atoms with E-state index in [0.29, 0.717) is 12.3 Å². The van der Waals surface area contributed by atoms with Gasteiger partial charge in [-0.2, -0.15) is 0 Å². The van der Waals surface area contributed by atoms with E-state index in [-0.39, 0.29) is 17.5 Å².